The Morgan fingerprint density at radius 3 is 2.50 bits per heavy atom. The molecule has 0 aromatic heterocycles. The van der Waals surface area contributed by atoms with Crippen LogP contribution < -0.4 is 0 Å². The van der Waals surface area contributed by atoms with Crippen LogP contribution in [0.5, 0.6) is 0 Å². The highest BCUT2D eigenvalue weighted by Crippen LogP contribution is 2.25. The number of nitro groups is 1. The predicted molar refractivity (Wildman–Crippen MR) is 124 cm³/mol. The van der Waals surface area contributed by atoms with Crippen LogP contribution >= 0.6 is 11.6 Å². The zero-order valence-electron chi connectivity index (χ0n) is 20.4. The Morgan fingerprint density at radius 1 is 1.32 bits per heavy atom. The first-order valence-corrected chi connectivity index (χ1v) is 11.4. The monoisotopic (exact) mass is 504 g/mol. The molecule has 0 saturated carbocycles. The minimum absolute atomic E-state index is 0.0804. The van der Waals surface area contributed by atoms with Crippen LogP contribution in [0.15, 0.2) is 18.2 Å². The maximum atomic E-state index is 13.7. The van der Waals surface area contributed by atoms with Crippen LogP contribution in [0.1, 0.15) is 47.1 Å². The van der Waals surface area contributed by atoms with Crippen LogP contribution in [-0.2, 0) is 20.6 Å². The summed E-state index contributed by atoms with van der Waals surface area (Å²) in [5, 5.41) is 23.0. The normalized spacial score (nSPS) is 21.1. The molecule has 0 spiro atoms. The summed E-state index contributed by atoms with van der Waals surface area (Å²) in [6.07, 6.45) is -3.46. The molecule has 1 aromatic rings. The molecule has 1 fully saturated rings. The van der Waals surface area contributed by atoms with Crippen LogP contribution in [0.2, 0.25) is 5.02 Å². The molecule has 1 aromatic carbocycles. The zero-order valence-corrected chi connectivity index (χ0v) is 21.2. The molecule has 1 amide bonds. The summed E-state index contributed by atoms with van der Waals surface area (Å²) in [4.78, 5) is 25.4. The average Bonchev–Trinajstić information content (AvgIpc) is 2.67. The van der Waals surface area contributed by atoms with Gasteiger partial charge in [0.25, 0.3) is 0 Å². The van der Waals surface area contributed by atoms with E-state index < -0.39 is 46.9 Å². The molecule has 1 saturated heterocycles. The van der Waals surface area contributed by atoms with Gasteiger partial charge in [-0.3, -0.25) is 15.0 Å². The van der Waals surface area contributed by atoms with Crippen LogP contribution in [0, 0.1) is 21.3 Å². The maximum absolute atomic E-state index is 13.7. The van der Waals surface area contributed by atoms with Crippen LogP contribution in [-0.4, -0.2) is 70.9 Å². The second-order valence-corrected chi connectivity index (χ2v) is 11.1. The number of aliphatic hydroxyl groups is 1. The van der Waals surface area contributed by atoms with Crippen LogP contribution in [0.25, 0.3) is 0 Å². The lowest BCUT2D eigenvalue weighted by Gasteiger charge is -2.42. The molecule has 192 valence electrons. The predicted octanol–water partition coefficient (Wildman–Crippen LogP) is 4.05. The standard InChI is InChI=1S/C23H34ClFN2O7/c1-22(2,3)13-33-19-11-26(21(29)34-23(4,5)6)18(12-32-19)20(28)17(27(30)31)9-14-7-15(24)10-16(25)8-14/h7-8,10,17-20,28H,9,11-13H2,1-6H3/t17-,18+,19-,20-/m0/s1. The van der Waals surface area contributed by atoms with Gasteiger partial charge in [-0.15, -0.1) is 0 Å². The van der Waals surface area contributed by atoms with Crippen molar-refractivity contribution >= 4 is 17.7 Å². The van der Waals surface area contributed by atoms with Gasteiger partial charge in [-0.1, -0.05) is 32.4 Å². The van der Waals surface area contributed by atoms with Gasteiger partial charge in [0.05, 0.1) is 25.8 Å². The fourth-order valence-corrected chi connectivity index (χ4v) is 3.69. The van der Waals surface area contributed by atoms with Gasteiger partial charge in [0.1, 0.15) is 17.5 Å². The number of halogens is 2. The second-order valence-electron chi connectivity index (χ2n) is 10.7. The van der Waals surface area contributed by atoms with Gasteiger partial charge in [0.15, 0.2) is 6.29 Å². The Morgan fingerprint density at radius 2 is 1.97 bits per heavy atom. The molecule has 2 rings (SSSR count). The number of amides is 1. The lowest BCUT2D eigenvalue weighted by molar-refractivity contribution is -0.536. The molecule has 1 aliphatic heterocycles. The molecule has 0 unspecified atom stereocenters. The van der Waals surface area contributed by atoms with Gasteiger partial charge in [0.2, 0.25) is 6.04 Å². The third-order valence-corrected chi connectivity index (χ3v) is 5.17. The first-order chi connectivity index (χ1) is 15.6. The number of carbonyl (C=O) groups excluding carboxylic acids is 1. The van der Waals surface area contributed by atoms with Crippen molar-refractivity contribution in [1.82, 2.24) is 4.90 Å². The van der Waals surface area contributed by atoms with Gasteiger partial charge in [-0.05, 0) is 49.9 Å². The molecule has 0 radical (unpaired) electrons. The van der Waals surface area contributed by atoms with Gasteiger partial charge < -0.3 is 19.3 Å². The topological polar surface area (TPSA) is 111 Å². The summed E-state index contributed by atoms with van der Waals surface area (Å²) in [6, 6.07) is 0.966. The Bertz CT molecular complexity index is 852. The van der Waals surface area contributed by atoms with Crippen LogP contribution in [0.3, 0.4) is 0 Å². The van der Waals surface area contributed by atoms with Crippen molar-refractivity contribution in [3.8, 4) is 0 Å². The van der Waals surface area contributed by atoms with E-state index in [0.29, 0.717) is 6.61 Å². The van der Waals surface area contributed by atoms with E-state index in [2.05, 4.69) is 0 Å². The number of morpholine rings is 1. The molecular formula is C23H34ClFN2O7. The van der Waals surface area contributed by atoms with Crippen molar-refractivity contribution in [2.45, 2.75) is 78.0 Å². The summed E-state index contributed by atoms with van der Waals surface area (Å²) < 4.78 is 30.7. The summed E-state index contributed by atoms with van der Waals surface area (Å²) in [6.45, 7) is 11.1. The minimum Gasteiger partial charge on any atom is -0.444 e. The molecule has 4 atom stereocenters. The van der Waals surface area contributed by atoms with Gasteiger partial charge in [0, 0.05) is 16.4 Å². The zero-order chi connectivity index (χ0) is 25.8. The Balaban J connectivity index is 2.27. The smallest absolute Gasteiger partial charge is 0.410 e. The summed E-state index contributed by atoms with van der Waals surface area (Å²) >= 11 is 5.87. The molecule has 1 aliphatic rings. The molecule has 11 heteroatoms. The van der Waals surface area contributed by atoms with Crippen molar-refractivity contribution < 1.29 is 33.4 Å². The van der Waals surface area contributed by atoms with E-state index >= 15 is 0 Å². The largest absolute Gasteiger partial charge is 0.444 e. The van der Waals surface area contributed by atoms with Crippen molar-refractivity contribution in [3.05, 3.63) is 44.7 Å². The lowest BCUT2D eigenvalue weighted by atomic mass is 9.95. The van der Waals surface area contributed by atoms with E-state index in [0.717, 1.165) is 12.1 Å². The summed E-state index contributed by atoms with van der Waals surface area (Å²) in [5.41, 5.74) is -0.731. The quantitative estimate of drug-likeness (QED) is 0.440. The Labute approximate surface area is 204 Å². The van der Waals surface area contributed by atoms with Crippen molar-refractivity contribution in [1.29, 1.82) is 0 Å². The highest BCUT2D eigenvalue weighted by atomic mass is 35.5. The van der Waals surface area contributed by atoms with Gasteiger partial charge in [-0.25, -0.2) is 9.18 Å². The Hall–Kier alpha value is -2.01. The van der Waals surface area contributed by atoms with Crippen molar-refractivity contribution in [2.24, 2.45) is 5.41 Å². The van der Waals surface area contributed by atoms with Gasteiger partial charge >= 0.3 is 6.09 Å². The number of aliphatic hydroxyl groups excluding tert-OH is 1. The fourth-order valence-electron chi connectivity index (χ4n) is 3.45. The average molecular weight is 505 g/mol. The Kier molecular flexibility index (Phi) is 9.26. The molecule has 34 heavy (non-hydrogen) atoms. The maximum Gasteiger partial charge on any atom is 0.410 e. The number of rotatable bonds is 7. The molecule has 0 bridgehead atoms. The molecule has 0 aliphatic carbocycles. The third-order valence-electron chi connectivity index (χ3n) is 4.96. The summed E-state index contributed by atoms with van der Waals surface area (Å²) in [5.74, 6) is -0.644. The molecular weight excluding hydrogens is 471 g/mol. The number of hydrogen-bond donors (Lipinski definition) is 1. The lowest BCUT2D eigenvalue weighted by Crippen LogP contribution is -2.61. The highest BCUT2D eigenvalue weighted by Gasteiger charge is 2.45. The van der Waals surface area contributed by atoms with Gasteiger partial charge in [-0.2, -0.15) is 0 Å². The number of nitrogens with zero attached hydrogens (tertiary/aromatic N) is 2. The number of hydrogen-bond acceptors (Lipinski definition) is 7. The van der Waals surface area contributed by atoms with Crippen molar-refractivity contribution in [3.63, 3.8) is 0 Å². The van der Waals surface area contributed by atoms with E-state index in [1.807, 2.05) is 20.8 Å². The third kappa shape index (κ3) is 8.65. The number of ether oxygens (including phenoxy) is 3. The SMILES string of the molecule is CC(C)(C)CO[C@H]1CN(C(=O)OC(C)(C)C)[C@@H]([C@@H](O)[C@H](Cc2cc(F)cc(Cl)c2)[N+](=O)[O-])CO1. The van der Waals surface area contributed by atoms with Crippen LogP contribution in [0.4, 0.5) is 9.18 Å². The minimum atomic E-state index is -1.63. The number of benzene rings is 1. The second kappa shape index (κ2) is 11.2. The number of carbonyl (C=O) groups is 1. The first-order valence-electron chi connectivity index (χ1n) is 11.0. The fraction of sp³-hybridized carbons (Fsp3) is 0.696. The highest BCUT2D eigenvalue weighted by molar-refractivity contribution is 6.30. The van der Waals surface area contributed by atoms with E-state index in [1.54, 1.807) is 20.8 Å². The summed E-state index contributed by atoms with van der Waals surface area (Å²) in [7, 11) is 0. The molecule has 9 nitrogen and oxygen atoms in total. The first kappa shape index (κ1) is 28.2. The molecule has 1 heterocycles. The molecule has 1 N–H and O–H groups in total. The van der Waals surface area contributed by atoms with E-state index in [1.165, 1.54) is 11.0 Å². The van der Waals surface area contributed by atoms with Crippen molar-refractivity contribution in [2.75, 3.05) is 19.8 Å². The van der Waals surface area contributed by atoms with E-state index in [-0.39, 0.29) is 35.6 Å². The van der Waals surface area contributed by atoms with E-state index in [4.69, 9.17) is 25.8 Å². The van der Waals surface area contributed by atoms with E-state index in [9.17, 15) is 24.4 Å².